The smallest absolute Gasteiger partial charge is 0.310 e. The molecule has 1 amide bonds. The number of ether oxygens (including phenoxy) is 1. The van der Waals surface area contributed by atoms with E-state index in [0.29, 0.717) is 5.56 Å². The van der Waals surface area contributed by atoms with Crippen LogP contribution in [-0.2, 0) is 16.1 Å². The summed E-state index contributed by atoms with van der Waals surface area (Å²) in [5, 5.41) is 0. The highest BCUT2D eigenvalue weighted by Gasteiger charge is 2.23. The Bertz CT molecular complexity index is 793. The van der Waals surface area contributed by atoms with Crippen molar-refractivity contribution in [3.8, 4) is 0 Å². The number of hydrogen-bond acceptors (Lipinski definition) is 3. The molecule has 0 aliphatic rings. The summed E-state index contributed by atoms with van der Waals surface area (Å²) in [5.74, 6) is -4.34. The first-order valence-corrected chi connectivity index (χ1v) is 7.88. The third-order valence-electron chi connectivity index (χ3n) is 3.84. The monoisotopic (exact) mass is 365 g/mol. The van der Waals surface area contributed by atoms with Crippen molar-refractivity contribution in [1.29, 1.82) is 0 Å². The average Bonchev–Trinajstić information content (AvgIpc) is 2.63. The van der Waals surface area contributed by atoms with E-state index >= 15 is 0 Å². The first kappa shape index (κ1) is 19.5. The van der Waals surface area contributed by atoms with Crippen molar-refractivity contribution >= 4 is 11.9 Å². The Morgan fingerprint density at radius 1 is 1.04 bits per heavy atom. The third-order valence-corrected chi connectivity index (χ3v) is 3.84. The first-order valence-electron chi connectivity index (χ1n) is 7.88. The van der Waals surface area contributed by atoms with E-state index in [1.54, 1.807) is 6.92 Å². The number of carbonyl (C=O) groups excluding carboxylic acids is 2. The lowest BCUT2D eigenvalue weighted by atomic mass is 10.1. The molecule has 0 saturated carbocycles. The fourth-order valence-electron chi connectivity index (χ4n) is 2.45. The van der Waals surface area contributed by atoms with Gasteiger partial charge in [-0.15, -0.1) is 0 Å². The minimum atomic E-state index is -1.14. The van der Waals surface area contributed by atoms with Crippen LogP contribution in [0.2, 0.25) is 0 Å². The van der Waals surface area contributed by atoms with Gasteiger partial charge in [0, 0.05) is 18.7 Å². The highest BCUT2D eigenvalue weighted by atomic mass is 19.2. The molecule has 2 aromatic carbocycles. The molecule has 26 heavy (non-hydrogen) atoms. The molecule has 1 atom stereocenters. The van der Waals surface area contributed by atoms with Gasteiger partial charge in [-0.1, -0.05) is 19.1 Å². The number of halogens is 3. The summed E-state index contributed by atoms with van der Waals surface area (Å²) in [4.78, 5) is 25.7. The van der Waals surface area contributed by atoms with Gasteiger partial charge >= 0.3 is 5.97 Å². The zero-order valence-corrected chi connectivity index (χ0v) is 14.3. The molecule has 0 fully saturated rings. The number of rotatable bonds is 6. The molecule has 1 unspecified atom stereocenters. The lowest BCUT2D eigenvalue weighted by Crippen LogP contribution is -2.37. The van der Waals surface area contributed by atoms with E-state index in [-0.39, 0.29) is 18.7 Å². The molecule has 4 nitrogen and oxygen atoms in total. The number of nitrogens with zero attached hydrogens (tertiary/aromatic N) is 1. The number of benzene rings is 2. The van der Waals surface area contributed by atoms with Crippen LogP contribution in [0.1, 0.15) is 22.8 Å². The molecular weight excluding hydrogens is 347 g/mol. The predicted molar refractivity (Wildman–Crippen MR) is 88.7 cm³/mol. The maximum Gasteiger partial charge on any atom is 0.310 e. The quantitative estimate of drug-likeness (QED) is 0.736. The minimum absolute atomic E-state index is 0.00186. The van der Waals surface area contributed by atoms with Crippen LogP contribution in [0, 0.1) is 23.4 Å². The van der Waals surface area contributed by atoms with E-state index in [1.165, 1.54) is 42.3 Å². The van der Waals surface area contributed by atoms with Crippen molar-refractivity contribution in [1.82, 2.24) is 4.90 Å². The molecule has 0 aliphatic carbocycles. The fourth-order valence-corrected chi connectivity index (χ4v) is 2.45. The molecule has 0 bridgehead atoms. The van der Waals surface area contributed by atoms with Gasteiger partial charge in [-0.3, -0.25) is 9.59 Å². The van der Waals surface area contributed by atoms with Gasteiger partial charge in [0.15, 0.2) is 11.6 Å². The normalized spacial score (nSPS) is 11.7. The molecule has 0 radical (unpaired) electrons. The largest absolute Gasteiger partial charge is 0.469 e. The highest BCUT2D eigenvalue weighted by Crippen LogP contribution is 2.16. The lowest BCUT2D eigenvalue weighted by molar-refractivity contribution is -0.145. The summed E-state index contributed by atoms with van der Waals surface area (Å²) in [6.07, 6.45) is 0. The molecule has 0 N–H and O–H groups in total. The molecule has 2 rings (SSSR count). The second kappa shape index (κ2) is 8.51. The standard InChI is InChI=1S/C19H18F3NO3/c1-12(19(25)26-2)10-23(11-13-3-6-15(20)7-4-13)18(24)14-5-8-16(21)17(22)9-14/h3-9,12H,10-11H2,1-2H3. The number of hydrogen-bond donors (Lipinski definition) is 0. The van der Waals surface area contributed by atoms with Gasteiger partial charge in [0.1, 0.15) is 5.82 Å². The molecular formula is C19H18F3NO3. The fraction of sp³-hybridized carbons (Fsp3) is 0.263. The molecule has 7 heteroatoms. The molecule has 0 spiro atoms. The number of methoxy groups -OCH3 is 1. The zero-order valence-electron chi connectivity index (χ0n) is 14.3. The van der Waals surface area contributed by atoms with E-state index < -0.39 is 35.2 Å². The molecule has 0 aromatic heterocycles. The van der Waals surface area contributed by atoms with Crippen LogP contribution in [0.4, 0.5) is 13.2 Å². The molecule has 138 valence electrons. The van der Waals surface area contributed by atoms with Crippen LogP contribution >= 0.6 is 0 Å². The van der Waals surface area contributed by atoms with Crippen LogP contribution in [-0.4, -0.2) is 30.4 Å². The van der Waals surface area contributed by atoms with E-state index in [2.05, 4.69) is 4.74 Å². The van der Waals surface area contributed by atoms with Gasteiger partial charge in [-0.2, -0.15) is 0 Å². The van der Waals surface area contributed by atoms with Gasteiger partial charge in [0.05, 0.1) is 13.0 Å². The van der Waals surface area contributed by atoms with E-state index in [0.717, 1.165) is 12.1 Å². The summed E-state index contributed by atoms with van der Waals surface area (Å²) in [6.45, 7) is 1.66. The maximum absolute atomic E-state index is 13.5. The highest BCUT2D eigenvalue weighted by molar-refractivity contribution is 5.94. The van der Waals surface area contributed by atoms with Crippen molar-refractivity contribution in [3.05, 3.63) is 71.0 Å². The van der Waals surface area contributed by atoms with Crippen molar-refractivity contribution in [2.45, 2.75) is 13.5 Å². The second-order valence-corrected chi connectivity index (χ2v) is 5.87. The van der Waals surface area contributed by atoms with Crippen molar-refractivity contribution in [2.24, 2.45) is 5.92 Å². The predicted octanol–water partition coefficient (Wildman–Crippen LogP) is 3.56. The zero-order chi connectivity index (χ0) is 19.3. The summed E-state index contributed by atoms with van der Waals surface area (Å²) in [6, 6.07) is 8.34. The Labute approximate surface area is 149 Å². The first-order chi connectivity index (χ1) is 12.3. The van der Waals surface area contributed by atoms with Gasteiger partial charge in [0.2, 0.25) is 0 Å². The molecule has 0 heterocycles. The Kier molecular flexibility index (Phi) is 6.38. The van der Waals surface area contributed by atoms with Crippen LogP contribution < -0.4 is 0 Å². The summed E-state index contributed by atoms with van der Waals surface area (Å²) in [7, 11) is 1.24. The topological polar surface area (TPSA) is 46.6 Å². The maximum atomic E-state index is 13.5. The van der Waals surface area contributed by atoms with Gasteiger partial charge < -0.3 is 9.64 Å². The van der Waals surface area contributed by atoms with E-state index in [4.69, 9.17) is 0 Å². The Hall–Kier alpha value is -2.83. The second-order valence-electron chi connectivity index (χ2n) is 5.87. The molecule has 0 aliphatic heterocycles. The number of amides is 1. The average molecular weight is 365 g/mol. The SMILES string of the molecule is COC(=O)C(C)CN(Cc1ccc(F)cc1)C(=O)c1ccc(F)c(F)c1. The third kappa shape index (κ3) is 4.84. The summed E-state index contributed by atoms with van der Waals surface area (Å²) in [5.41, 5.74) is 0.572. The molecule has 2 aromatic rings. The van der Waals surface area contributed by atoms with Gasteiger partial charge in [-0.05, 0) is 35.9 Å². The number of carbonyl (C=O) groups is 2. The van der Waals surface area contributed by atoms with Crippen molar-refractivity contribution in [2.75, 3.05) is 13.7 Å². The summed E-state index contributed by atoms with van der Waals surface area (Å²) >= 11 is 0. The van der Waals surface area contributed by atoms with Gasteiger partial charge in [0.25, 0.3) is 5.91 Å². The van der Waals surface area contributed by atoms with E-state index in [1.807, 2.05) is 0 Å². The Morgan fingerprint density at radius 2 is 1.69 bits per heavy atom. The lowest BCUT2D eigenvalue weighted by Gasteiger charge is -2.25. The van der Waals surface area contributed by atoms with Crippen LogP contribution in [0.15, 0.2) is 42.5 Å². The minimum Gasteiger partial charge on any atom is -0.469 e. The van der Waals surface area contributed by atoms with E-state index in [9.17, 15) is 22.8 Å². The number of esters is 1. The van der Waals surface area contributed by atoms with Crippen LogP contribution in [0.5, 0.6) is 0 Å². The summed E-state index contributed by atoms with van der Waals surface area (Å²) < 4.78 is 44.3. The molecule has 0 saturated heterocycles. The Balaban J connectivity index is 2.28. The van der Waals surface area contributed by atoms with Crippen molar-refractivity contribution < 1.29 is 27.5 Å². The van der Waals surface area contributed by atoms with Gasteiger partial charge in [-0.25, -0.2) is 13.2 Å². The van der Waals surface area contributed by atoms with Crippen LogP contribution in [0.3, 0.4) is 0 Å². The Morgan fingerprint density at radius 3 is 2.27 bits per heavy atom. The van der Waals surface area contributed by atoms with Crippen LogP contribution in [0.25, 0.3) is 0 Å². The van der Waals surface area contributed by atoms with Crippen molar-refractivity contribution in [3.63, 3.8) is 0 Å².